The predicted molar refractivity (Wildman–Crippen MR) is 72.7 cm³/mol. The van der Waals surface area contributed by atoms with Crippen molar-refractivity contribution in [1.82, 2.24) is 0 Å². The molecule has 0 spiro atoms. The molecule has 0 saturated heterocycles. The highest BCUT2D eigenvalue weighted by atomic mass is 16.5. The summed E-state index contributed by atoms with van der Waals surface area (Å²) in [6, 6.07) is 7.83. The summed E-state index contributed by atoms with van der Waals surface area (Å²) in [5, 5.41) is 10.5. The van der Waals surface area contributed by atoms with Gasteiger partial charge in [-0.3, -0.25) is 0 Å². The number of hydrogen-bond donors (Lipinski definition) is 2. The third-order valence-corrected chi connectivity index (χ3v) is 4.21. The van der Waals surface area contributed by atoms with Crippen LogP contribution in [0.2, 0.25) is 0 Å². The van der Waals surface area contributed by atoms with Crippen molar-refractivity contribution >= 4 is 0 Å². The fourth-order valence-corrected chi connectivity index (χ4v) is 2.70. The van der Waals surface area contributed by atoms with E-state index in [0.717, 1.165) is 17.7 Å². The average Bonchev–Trinajstić information content (AvgIpc) is 3.00. The van der Waals surface area contributed by atoms with Gasteiger partial charge in [0.15, 0.2) is 0 Å². The second kappa shape index (κ2) is 4.90. The monoisotopic (exact) mass is 249 g/mol. The molecular formula is C15H23NO2. The van der Waals surface area contributed by atoms with Crippen LogP contribution in [0.4, 0.5) is 0 Å². The highest BCUT2D eigenvalue weighted by Crippen LogP contribution is 2.55. The van der Waals surface area contributed by atoms with E-state index < -0.39 is 0 Å². The number of benzene rings is 1. The predicted octanol–water partition coefficient (Wildman–Crippen LogP) is 2.14. The number of nitrogens with two attached hydrogens (primary N) is 1. The summed E-state index contributed by atoms with van der Waals surface area (Å²) >= 11 is 0. The summed E-state index contributed by atoms with van der Waals surface area (Å²) < 4.78 is 5.14. The van der Waals surface area contributed by atoms with Crippen molar-refractivity contribution in [2.24, 2.45) is 17.1 Å². The number of rotatable bonds is 5. The Morgan fingerprint density at radius 2 is 1.94 bits per heavy atom. The third kappa shape index (κ3) is 2.52. The first kappa shape index (κ1) is 13.4. The number of methoxy groups -OCH3 is 1. The molecule has 1 aromatic carbocycles. The summed E-state index contributed by atoms with van der Waals surface area (Å²) in [7, 11) is 1.65. The van der Waals surface area contributed by atoms with Gasteiger partial charge in [0.05, 0.1) is 13.2 Å². The minimum absolute atomic E-state index is 0.0164. The first-order valence-corrected chi connectivity index (χ1v) is 6.51. The largest absolute Gasteiger partial charge is 0.497 e. The van der Waals surface area contributed by atoms with E-state index in [9.17, 15) is 5.11 Å². The van der Waals surface area contributed by atoms with E-state index in [4.69, 9.17) is 10.5 Å². The van der Waals surface area contributed by atoms with Crippen molar-refractivity contribution < 1.29 is 9.84 Å². The van der Waals surface area contributed by atoms with E-state index in [1.165, 1.54) is 0 Å². The molecule has 3 nitrogen and oxygen atoms in total. The summed E-state index contributed by atoms with van der Waals surface area (Å²) in [4.78, 5) is 0. The van der Waals surface area contributed by atoms with E-state index in [2.05, 4.69) is 13.8 Å². The van der Waals surface area contributed by atoms with E-state index in [-0.39, 0.29) is 17.4 Å². The van der Waals surface area contributed by atoms with E-state index in [1.54, 1.807) is 7.11 Å². The van der Waals surface area contributed by atoms with Crippen molar-refractivity contribution in [3.63, 3.8) is 0 Å². The van der Waals surface area contributed by atoms with Crippen molar-refractivity contribution in [2.45, 2.75) is 32.3 Å². The molecule has 0 aromatic heterocycles. The fourth-order valence-electron chi connectivity index (χ4n) is 2.70. The molecule has 0 amide bonds. The highest BCUT2D eigenvalue weighted by molar-refractivity contribution is 5.30. The Morgan fingerprint density at radius 3 is 2.33 bits per heavy atom. The lowest BCUT2D eigenvalue weighted by molar-refractivity contribution is 0.109. The molecule has 3 heteroatoms. The Bertz CT molecular complexity index is 399. The number of aliphatic hydroxyl groups excluding tert-OH is 1. The van der Waals surface area contributed by atoms with Crippen molar-refractivity contribution in [2.75, 3.05) is 13.7 Å². The maximum absolute atomic E-state index is 10.5. The molecule has 2 rings (SSSR count). The molecule has 100 valence electrons. The maximum atomic E-state index is 10.5. The van der Waals surface area contributed by atoms with Crippen LogP contribution in [0.1, 0.15) is 31.7 Å². The zero-order chi connectivity index (χ0) is 13.3. The van der Waals surface area contributed by atoms with Crippen molar-refractivity contribution in [3.8, 4) is 5.75 Å². The first-order chi connectivity index (χ1) is 8.49. The highest BCUT2D eigenvalue weighted by Gasteiger charge is 2.51. The Hall–Kier alpha value is -1.06. The molecular weight excluding hydrogens is 226 g/mol. The van der Waals surface area contributed by atoms with E-state index in [0.29, 0.717) is 12.5 Å². The van der Waals surface area contributed by atoms with Crippen LogP contribution in [0.3, 0.4) is 0 Å². The third-order valence-electron chi connectivity index (χ3n) is 4.21. The second-order valence-electron chi connectivity index (χ2n) is 5.91. The van der Waals surface area contributed by atoms with Gasteiger partial charge in [0.25, 0.3) is 0 Å². The van der Waals surface area contributed by atoms with Gasteiger partial charge in [0, 0.05) is 12.5 Å². The molecule has 18 heavy (non-hydrogen) atoms. The van der Waals surface area contributed by atoms with Crippen LogP contribution in [0.15, 0.2) is 24.3 Å². The zero-order valence-corrected chi connectivity index (χ0v) is 11.4. The van der Waals surface area contributed by atoms with Gasteiger partial charge in [-0.1, -0.05) is 26.0 Å². The Balaban J connectivity index is 2.12. The van der Waals surface area contributed by atoms with Crippen LogP contribution in [-0.2, 0) is 0 Å². The van der Waals surface area contributed by atoms with Crippen LogP contribution in [0, 0.1) is 11.3 Å². The van der Waals surface area contributed by atoms with Crippen LogP contribution in [0.5, 0.6) is 5.75 Å². The molecule has 0 bridgehead atoms. The number of aliphatic hydroxyl groups is 1. The molecule has 1 aliphatic carbocycles. The Kier molecular flexibility index (Phi) is 3.64. The van der Waals surface area contributed by atoms with E-state index in [1.807, 2.05) is 24.3 Å². The SMILES string of the molecule is COc1ccc(C(CN)C(O)C2CC2(C)C)cc1. The maximum Gasteiger partial charge on any atom is 0.118 e. The van der Waals surface area contributed by atoms with Gasteiger partial charge in [-0.2, -0.15) is 0 Å². The van der Waals surface area contributed by atoms with Crippen molar-refractivity contribution in [3.05, 3.63) is 29.8 Å². The minimum Gasteiger partial charge on any atom is -0.497 e. The molecule has 3 N–H and O–H groups in total. The molecule has 1 saturated carbocycles. The summed E-state index contributed by atoms with van der Waals surface area (Å²) in [5.74, 6) is 1.21. The lowest BCUT2D eigenvalue weighted by atomic mass is 9.88. The summed E-state index contributed by atoms with van der Waals surface area (Å²) in [5.41, 5.74) is 7.19. The zero-order valence-electron chi connectivity index (χ0n) is 11.4. The molecule has 3 atom stereocenters. The van der Waals surface area contributed by atoms with Crippen molar-refractivity contribution in [1.29, 1.82) is 0 Å². The number of hydrogen-bond acceptors (Lipinski definition) is 3. The van der Waals surface area contributed by atoms with Gasteiger partial charge in [-0.15, -0.1) is 0 Å². The standard InChI is InChI=1S/C15H23NO2/c1-15(2)8-13(15)14(17)12(9-16)10-4-6-11(18-3)7-5-10/h4-7,12-14,17H,8-9,16H2,1-3H3. The quantitative estimate of drug-likeness (QED) is 0.840. The van der Waals surface area contributed by atoms with Crippen LogP contribution >= 0.6 is 0 Å². The lowest BCUT2D eigenvalue weighted by Gasteiger charge is -2.23. The molecule has 1 fully saturated rings. The molecule has 0 aliphatic heterocycles. The minimum atomic E-state index is -0.349. The van der Waals surface area contributed by atoms with Gasteiger partial charge in [0.1, 0.15) is 5.75 Å². The van der Waals surface area contributed by atoms with Crippen LogP contribution < -0.4 is 10.5 Å². The molecule has 3 unspecified atom stereocenters. The Labute approximate surface area is 109 Å². The average molecular weight is 249 g/mol. The van der Waals surface area contributed by atoms with Gasteiger partial charge < -0.3 is 15.6 Å². The first-order valence-electron chi connectivity index (χ1n) is 6.51. The van der Waals surface area contributed by atoms with Gasteiger partial charge >= 0.3 is 0 Å². The topological polar surface area (TPSA) is 55.5 Å². The normalized spacial score (nSPS) is 24.4. The second-order valence-corrected chi connectivity index (χ2v) is 5.91. The Morgan fingerprint density at radius 1 is 1.39 bits per heavy atom. The number of ether oxygens (including phenoxy) is 1. The smallest absolute Gasteiger partial charge is 0.118 e. The van der Waals surface area contributed by atoms with Gasteiger partial charge in [-0.05, 0) is 35.4 Å². The van der Waals surface area contributed by atoms with E-state index >= 15 is 0 Å². The molecule has 0 radical (unpaired) electrons. The molecule has 1 aliphatic rings. The van der Waals surface area contributed by atoms with Gasteiger partial charge in [0.2, 0.25) is 0 Å². The molecule has 0 heterocycles. The van der Waals surface area contributed by atoms with Gasteiger partial charge in [-0.25, -0.2) is 0 Å². The molecule has 1 aromatic rings. The summed E-state index contributed by atoms with van der Waals surface area (Å²) in [6.45, 7) is 4.87. The van der Waals surface area contributed by atoms with Crippen LogP contribution in [0.25, 0.3) is 0 Å². The fraction of sp³-hybridized carbons (Fsp3) is 0.600. The lowest BCUT2D eigenvalue weighted by Crippen LogP contribution is -2.29. The van der Waals surface area contributed by atoms with Crippen LogP contribution in [-0.4, -0.2) is 24.9 Å². The summed E-state index contributed by atoms with van der Waals surface area (Å²) in [6.07, 6.45) is 0.735.